The van der Waals surface area contributed by atoms with Gasteiger partial charge in [0.05, 0.1) is 11.7 Å². The molecular weight excluding hydrogens is 633 g/mol. The molecule has 0 saturated heterocycles. The van der Waals surface area contributed by atoms with Crippen LogP contribution in [0, 0.1) is 62.6 Å². The van der Waals surface area contributed by atoms with E-state index in [2.05, 4.69) is 111 Å². The minimum absolute atomic E-state index is 0.373. The average molecular weight is 733 g/mol. The molecule has 0 atom stereocenters. The van der Waals surface area contributed by atoms with Crippen molar-refractivity contribution >= 4 is 0 Å². The Morgan fingerprint density at radius 3 is 0.942 bits per heavy atom. The Bertz CT molecular complexity index is 890. The lowest BCUT2D eigenvalue weighted by molar-refractivity contribution is -0.00969. The lowest BCUT2D eigenvalue weighted by Gasteiger charge is -2.39. The molecule has 312 valence electrons. The van der Waals surface area contributed by atoms with E-state index in [1.807, 2.05) is 14.0 Å². The molecule has 0 aliphatic heterocycles. The van der Waals surface area contributed by atoms with Crippen LogP contribution in [0.25, 0.3) is 0 Å². The van der Waals surface area contributed by atoms with E-state index in [9.17, 15) is 5.11 Å². The molecule has 5 aliphatic carbocycles. The van der Waals surface area contributed by atoms with Crippen LogP contribution in [-0.2, 0) is 4.74 Å². The van der Waals surface area contributed by atoms with E-state index in [4.69, 9.17) is 4.74 Å². The second-order valence-corrected chi connectivity index (χ2v) is 24.4. The minimum atomic E-state index is -0.373. The van der Waals surface area contributed by atoms with Crippen molar-refractivity contribution in [2.75, 3.05) is 7.11 Å². The van der Waals surface area contributed by atoms with Crippen LogP contribution in [0.3, 0.4) is 0 Å². The molecule has 5 fully saturated rings. The molecule has 5 saturated carbocycles. The van der Waals surface area contributed by atoms with Gasteiger partial charge in [-0.15, -0.1) is 0 Å². The Morgan fingerprint density at radius 1 is 0.404 bits per heavy atom. The van der Waals surface area contributed by atoms with Gasteiger partial charge in [0.2, 0.25) is 0 Å². The molecular formula is C50H100O2. The molecule has 0 bridgehead atoms. The number of methoxy groups -OCH3 is 1. The van der Waals surface area contributed by atoms with Crippen LogP contribution < -0.4 is 0 Å². The van der Waals surface area contributed by atoms with Crippen molar-refractivity contribution < 1.29 is 9.84 Å². The summed E-state index contributed by atoms with van der Waals surface area (Å²) in [7, 11) is 1.84. The number of ether oxygens (including phenoxy) is 1. The third kappa shape index (κ3) is 21.3. The third-order valence-corrected chi connectivity index (χ3v) is 14.4. The molecule has 1 N–H and O–H groups in total. The van der Waals surface area contributed by atoms with Crippen molar-refractivity contribution in [3.63, 3.8) is 0 Å². The maximum atomic E-state index is 9.76. The van der Waals surface area contributed by atoms with Crippen LogP contribution in [0.2, 0.25) is 0 Å². The van der Waals surface area contributed by atoms with Gasteiger partial charge in [0.25, 0.3) is 0 Å². The van der Waals surface area contributed by atoms with E-state index in [0.29, 0.717) is 33.2 Å². The first-order chi connectivity index (χ1) is 23.6. The van der Waals surface area contributed by atoms with Gasteiger partial charge in [-0.05, 0) is 159 Å². The summed E-state index contributed by atoms with van der Waals surface area (Å²) in [6, 6.07) is 0. The SMILES string of the molecule is CC(C)(C)C1CC1.CC(C)(C)C1CCCCC1.CC1(O)CCC(C(C)(C)C)CC1.CC1CCC(C(C)(C)C)CC1.COC1CCC(C(C)(C)C)CC1. The first-order valence-electron chi connectivity index (χ1n) is 22.8. The summed E-state index contributed by atoms with van der Waals surface area (Å²) >= 11 is 0. The van der Waals surface area contributed by atoms with E-state index in [-0.39, 0.29) is 5.60 Å². The molecule has 0 aromatic carbocycles. The first-order valence-corrected chi connectivity index (χ1v) is 22.8. The normalized spacial score (nSPS) is 30.9. The van der Waals surface area contributed by atoms with Gasteiger partial charge in [-0.25, -0.2) is 0 Å². The Hall–Kier alpha value is -0.0800. The lowest BCUT2D eigenvalue weighted by atomic mass is 9.69. The fourth-order valence-electron chi connectivity index (χ4n) is 9.31. The molecule has 52 heavy (non-hydrogen) atoms. The van der Waals surface area contributed by atoms with Crippen LogP contribution in [0.1, 0.15) is 240 Å². The van der Waals surface area contributed by atoms with E-state index in [1.54, 1.807) is 0 Å². The Balaban J connectivity index is 0.000000328. The molecule has 0 spiro atoms. The summed E-state index contributed by atoms with van der Waals surface area (Å²) in [5, 5.41) is 9.76. The highest BCUT2D eigenvalue weighted by Crippen LogP contribution is 2.45. The van der Waals surface area contributed by atoms with Crippen LogP contribution in [0.5, 0.6) is 0 Å². The summed E-state index contributed by atoms with van der Waals surface area (Å²) in [4.78, 5) is 0. The van der Waals surface area contributed by atoms with Crippen molar-refractivity contribution in [3.05, 3.63) is 0 Å². The topological polar surface area (TPSA) is 29.5 Å². The zero-order valence-corrected chi connectivity index (χ0v) is 39.3. The molecule has 0 aromatic rings. The highest BCUT2D eigenvalue weighted by atomic mass is 16.5. The van der Waals surface area contributed by atoms with Gasteiger partial charge in [-0.3, -0.25) is 0 Å². The molecule has 2 heteroatoms. The lowest BCUT2D eigenvalue weighted by Crippen LogP contribution is -2.34. The van der Waals surface area contributed by atoms with E-state index in [1.165, 1.54) is 109 Å². The smallest absolute Gasteiger partial charge is 0.0620 e. The fraction of sp³-hybridized carbons (Fsp3) is 1.00. The maximum Gasteiger partial charge on any atom is 0.0620 e. The van der Waals surface area contributed by atoms with Crippen LogP contribution in [0.15, 0.2) is 0 Å². The molecule has 0 unspecified atom stereocenters. The van der Waals surface area contributed by atoms with Gasteiger partial charge >= 0.3 is 0 Å². The quantitative estimate of drug-likeness (QED) is 0.291. The van der Waals surface area contributed by atoms with Crippen molar-refractivity contribution in [2.24, 2.45) is 62.6 Å². The van der Waals surface area contributed by atoms with Gasteiger partial charge in [0.15, 0.2) is 0 Å². The average Bonchev–Trinajstić information content (AvgIpc) is 3.88. The van der Waals surface area contributed by atoms with Crippen LogP contribution >= 0.6 is 0 Å². The van der Waals surface area contributed by atoms with Gasteiger partial charge in [-0.1, -0.05) is 143 Å². The maximum absolute atomic E-state index is 9.76. The van der Waals surface area contributed by atoms with Gasteiger partial charge in [-0.2, -0.15) is 0 Å². The number of hydrogen-bond acceptors (Lipinski definition) is 2. The number of rotatable bonds is 1. The molecule has 0 amide bonds. The molecule has 2 nitrogen and oxygen atoms in total. The van der Waals surface area contributed by atoms with Crippen molar-refractivity contribution in [3.8, 4) is 0 Å². The Kier molecular flexibility index (Phi) is 20.6. The molecule has 0 heterocycles. The summed E-state index contributed by atoms with van der Waals surface area (Å²) < 4.78 is 5.35. The molecule has 5 rings (SSSR count). The van der Waals surface area contributed by atoms with Crippen molar-refractivity contribution in [1.29, 1.82) is 0 Å². The summed E-state index contributed by atoms with van der Waals surface area (Å²) in [6.07, 6.45) is 26.3. The van der Waals surface area contributed by atoms with Crippen molar-refractivity contribution in [2.45, 2.75) is 251 Å². The zero-order chi connectivity index (χ0) is 40.2. The highest BCUT2D eigenvalue weighted by molar-refractivity contribution is 4.87. The Morgan fingerprint density at radius 2 is 0.673 bits per heavy atom. The second-order valence-electron chi connectivity index (χ2n) is 24.4. The van der Waals surface area contributed by atoms with Crippen LogP contribution in [0.4, 0.5) is 0 Å². The van der Waals surface area contributed by atoms with Gasteiger partial charge < -0.3 is 9.84 Å². The molecule has 0 aromatic heterocycles. The van der Waals surface area contributed by atoms with Crippen molar-refractivity contribution in [1.82, 2.24) is 0 Å². The fourth-order valence-corrected chi connectivity index (χ4v) is 9.31. The molecule has 0 radical (unpaired) electrons. The Labute approximate surface area is 330 Å². The number of aliphatic hydroxyl groups is 1. The van der Waals surface area contributed by atoms with Gasteiger partial charge in [0.1, 0.15) is 0 Å². The summed E-state index contributed by atoms with van der Waals surface area (Å²) in [5.41, 5.74) is 2.29. The minimum Gasteiger partial charge on any atom is -0.390 e. The largest absolute Gasteiger partial charge is 0.390 e. The predicted octanol–water partition coefficient (Wildman–Crippen LogP) is 16.1. The number of hydrogen-bond donors (Lipinski definition) is 1. The standard InChI is InChI=1S/2C11H22O.C11H22.C10H20.C7H14/c1-11(2,3)9-5-7-10(12-4)8-6-9;1-10(2,3)9-5-7-11(4,12)8-6-9;1-9-5-7-10(8-6-9)11(2,3)4;1-10(2,3)9-7-5-4-6-8-9;1-7(2,3)6-4-5-6/h9-10H,5-8H2,1-4H3;9,12H,5-8H2,1-4H3;9-10H,5-8H2,1-4H3;9H,4-8H2,1-3H3;6H,4-5H2,1-3H3. The highest BCUT2D eigenvalue weighted by Gasteiger charge is 2.35. The monoisotopic (exact) mass is 733 g/mol. The van der Waals surface area contributed by atoms with E-state index in [0.717, 1.165) is 48.3 Å². The van der Waals surface area contributed by atoms with Gasteiger partial charge in [0, 0.05) is 7.11 Å². The molecule has 5 aliphatic rings. The summed E-state index contributed by atoms with van der Waals surface area (Å²) in [5.74, 6) is 5.74. The third-order valence-electron chi connectivity index (χ3n) is 14.4. The van der Waals surface area contributed by atoms with Crippen LogP contribution in [-0.4, -0.2) is 23.9 Å². The zero-order valence-electron chi connectivity index (χ0n) is 39.3. The first kappa shape index (κ1) is 49.9. The predicted molar refractivity (Wildman–Crippen MR) is 233 cm³/mol. The van der Waals surface area contributed by atoms with E-state index >= 15 is 0 Å². The summed E-state index contributed by atoms with van der Waals surface area (Å²) in [6.45, 7) is 39.6. The second kappa shape index (κ2) is 21.4. The van der Waals surface area contributed by atoms with E-state index < -0.39 is 0 Å².